The van der Waals surface area contributed by atoms with E-state index in [1.165, 1.54) is 4.90 Å². The zero-order chi connectivity index (χ0) is 36.7. The van der Waals surface area contributed by atoms with Gasteiger partial charge in [0.15, 0.2) is 0 Å². The predicted octanol–water partition coefficient (Wildman–Crippen LogP) is 5.59. The van der Waals surface area contributed by atoms with Crippen molar-refractivity contribution in [3.05, 3.63) is 101 Å². The maximum atomic E-state index is 15.4. The minimum Gasteiger partial charge on any atom is -0.455 e. The number of ether oxygens (including phenoxy) is 2. The van der Waals surface area contributed by atoms with Crippen molar-refractivity contribution in [2.75, 3.05) is 18.1 Å². The van der Waals surface area contributed by atoms with E-state index >= 15 is 4.79 Å². The molecule has 1 spiro atoms. The first-order valence-electron chi connectivity index (χ1n) is 18.0. The summed E-state index contributed by atoms with van der Waals surface area (Å²) in [6.07, 6.45) is 4.81. The number of carbonyl (C=O) groups is 4. The summed E-state index contributed by atoms with van der Waals surface area (Å²) in [7, 11) is 0. The lowest BCUT2D eigenvalue weighted by atomic mass is 9.74. The molecule has 272 valence electrons. The zero-order valence-corrected chi connectivity index (χ0v) is 31.1. The Hall–Kier alpha value is -4.32. The molecule has 0 aromatic heterocycles. The van der Waals surface area contributed by atoms with Gasteiger partial charge in [0.25, 0.3) is 5.91 Å². The number of anilines is 1. The minimum atomic E-state index is -1.51. The van der Waals surface area contributed by atoms with Gasteiger partial charge in [0, 0.05) is 23.1 Å². The highest BCUT2D eigenvalue weighted by atomic mass is 79.9. The van der Waals surface area contributed by atoms with Gasteiger partial charge >= 0.3 is 5.97 Å². The lowest BCUT2D eigenvalue weighted by Crippen LogP contribution is -2.59. The van der Waals surface area contributed by atoms with Crippen LogP contribution < -0.4 is 10.2 Å². The molecule has 0 unspecified atom stereocenters. The van der Waals surface area contributed by atoms with Crippen LogP contribution in [-0.2, 0) is 28.7 Å². The number of rotatable bonds is 6. The smallest absolute Gasteiger partial charge is 0.313 e. The van der Waals surface area contributed by atoms with Crippen molar-refractivity contribution in [2.45, 2.75) is 76.0 Å². The van der Waals surface area contributed by atoms with Crippen molar-refractivity contribution >= 4 is 56.1 Å². The number of nitrogens with zero attached hydrogens (tertiary/aromatic N) is 2. The Labute approximate surface area is 311 Å². The first kappa shape index (κ1) is 36.1. The quantitative estimate of drug-likeness (QED) is 0.248. The van der Waals surface area contributed by atoms with E-state index in [0.29, 0.717) is 28.6 Å². The number of hydrogen-bond acceptors (Lipinski definition) is 7. The Balaban J connectivity index is 1.38. The molecule has 0 radical (unpaired) electrons. The molecule has 11 heteroatoms. The van der Waals surface area contributed by atoms with Gasteiger partial charge in [-0.3, -0.25) is 19.2 Å². The number of halogens is 1. The molecule has 2 fully saturated rings. The standard InChI is InChI=1S/C41H44BrN3O7/c1-24(2)20-30(23-46)45-37-39(49)44(29-18-17-26-12-9-10-15-28(26)21-29)19-11-5-8-16-32(47)43-25(3)35(27-13-6-4-7-14-27)51-40(50)33-34(38(45)48)41(37)22-31(42)36(33)52-41/h4-7,9-15,17-18,21-22,24-25,30,33-37,46H,8,16,19-20,23H2,1-3H3,(H,43,47)/b11-5-/t25-,30+,33+,34-,35+,36+,37+,41-/m0/s1. The largest absolute Gasteiger partial charge is 0.455 e. The summed E-state index contributed by atoms with van der Waals surface area (Å²) in [5.41, 5.74) is -0.210. The summed E-state index contributed by atoms with van der Waals surface area (Å²) in [6, 6.07) is 20.3. The van der Waals surface area contributed by atoms with Crippen LogP contribution in [0.5, 0.6) is 0 Å². The van der Waals surface area contributed by atoms with Gasteiger partial charge in [-0.2, -0.15) is 0 Å². The van der Waals surface area contributed by atoms with E-state index in [0.717, 1.165) is 10.8 Å². The van der Waals surface area contributed by atoms with E-state index in [1.807, 2.05) is 98.8 Å². The molecule has 2 saturated heterocycles. The topological polar surface area (TPSA) is 125 Å². The molecule has 0 saturated carbocycles. The number of amides is 3. The van der Waals surface area contributed by atoms with Crippen LogP contribution in [0.3, 0.4) is 0 Å². The monoisotopic (exact) mass is 769 g/mol. The van der Waals surface area contributed by atoms with Crippen LogP contribution in [0.25, 0.3) is 10.8 Å². The number of aliphatic hydroxyl groups excluding tert-OH is 1. The van der Waals surface area contributed by atoms with Gasteiger partial charge in [0.2, 0.25) is 11.8 Å². The van der Waals surface area contributed by atoms with Crippen molar-refractivity contribution in [1.29, 1.82) is 0 Å². The summed E-state index contributed by atoms with van der Waals surface area (Å²) < 4.78 is 13.6. The first-order chi connectivity index (χ1) is 25.0. The van der Waals surface area contributed by atoms with Crippen LogP contribution in [0.15, 0.2) is 95.5 Å². The zero-order valence-electron chi connectivity index (χ0n) is 29.5. The van der Waals surface area contributed by atoms with E-state index in [9.17, 15) is 19.5 Å². The number of carbonyl (C=O) groups excluding carboxylic acids is 4. The molecule has 8 atom stereocenters. The lowest BCUT2D eigenvalue weighted by Gasteiger charge is -2.39. The molecule has 4 aliphatic rings. The first-order valence-corrected chi connectivity index (χ1v) is 18.8. The number of cyclic esters (lactones) is 1. The lowest BCUT2D eigenvalue weighted by molar-refractivity contribution is -0.161. The third kappa shape index (κ3) is 6.37. The summed E-state index contributed by atoms with van der Waals surface area (Å²) >= 11 is 3.63. The fraction of sp³-hybridized carbons (Fsp3) is 0.415. The van der Waals surface area contributed by atoms with E-state index < -0.39 is 65.6 Å². The van der Waals surface area contributed by atoms with E-state index in [-0.39, 0.29) is 31.4 Å². The maximum Gasteiger partial charge on any atom is 0.313 e. The average Bonchev–Trinajstić information content (AvgIpc) is 3.73. The van der Waals surface area contributed by atoms with Gasteiger partial charge in [-0.05, 0) is 60.2 Å². The summed E-state index contributed by atoms with van der Waals surface area (Å²) in [5, 5.41) is 15.7. The Morgan fingerprint density at radius 1 is 0.942 bits per heavy atom. The fourth-order valence-electron chi connectivity index (χ4n) is 8.45. The van der Waals surface area contributed by atoms with Gasteiger partial charge in [0.1, 0.15) is 29.8 Å². The third-order valence-corrected chi connectivity index (χ3v) is 11.4. The van der Waals surface area contributed by atoms with Gasteiger partial charge in [-0.15, -0.1) is 0 Å². The second-order valence-electron chi connectivity index (χ2n) is 14.7. The van der Waals surface area contributed by atoms with Gasteiger partial charge in [-0.1, -0.05) is 103 Å². The van der Waals surface area contributed by atoms with E-state index in [1.54, 1.807) is 17.9 Å². The molecular weight excluding hydrogens is 726 g/mol. The highest BCUT2D eigenvalue weighted by molar-refractivity contribution is 9.11. The van der Waals surface area contributed by atoms with Crippen LogP contribution in [0.4, 0.5) is 5.69 Å². The Morgan fingerprint density at radius 2 is 1.67 bits per heavy atom. The molecule has 3 amide bonds. The molecule has 2 N–H and O–H groups in total. The highest BCUT2D eigenvalue weighted by Gasteiger charge is 2.75. The number of esters is 1. The average molecular weight is 771 g/mol. The molecular formula is C41H44BrN3O7. The fourth-order valence-corrected chi connectivity index (χ4v) is 9.19. The second kappa shape index (κ2) is 14.6. The van der Waals surface area contributed by atoms with Crippen LogP contribution >= 0.6 is 15.9 Å². The normalized spacial score (nSPS) is 30.7. The van der Waals surface area contributed by atoms with Crippen LogP contribution in [0, 0.1) is 17.8 Å². The molecule has 7 rings (SSSR count). The predicted molar refractivity (Wildman–Crippen MR) is 200 cm³/mol. The van der Waals surface area contributed by atoms with Crippen molar-refractivity contribution in [2.24, 2.45) is 17.8 Å². The number of hydrogen-bond donors (Lipinski definition) is 2. The SMILES string of the molecule is CC(C)C[C@H](CO)N1C(=O)[C@@H]2[C@H]3C(=O)O[C@@H](c4ccccc4)[C@H](C)NC(=O)CC/C=C\CN(c4ccc5ccccc5c4)C(=O)[C@@H]1[C@]21C=C(Br)[C@H]3O1. The second-order valence-corrected chi connectivity index (χ2v) is 15.6. The Morgan fingerprint density at radius 3 is 2.40 bits per heavy atom. The summed E-state index contributed by atoms with van der Waals surface area (Å²) in [6.45, 7) is 5.56. The Kier molecular flexibility index (Phi) is 10.1. The molecule has 4 aliphatic heterocycles. The van der Waals surface area contributed by atoms with Crippen molar-refractivity contribution in [3.8, 4) is 0 Å². The van der Waals surface area contributed by atoms with Crippen LogP contribution in [0.2, 0.25) is 0 Å². The minimum absolute atomic E-state index is 0.0901. The van der Waals surface area contributed by atoms with Crippen LogP contribution in [0.1, 0.15) is 51.7 Å². The molecule has 52 heavy (non-hydrogen) atoms. The van der Waals surface area contributed by atoms with Gasteiger partial charge in [0.05, 0.1) is 24.6 Å². The number of allylic oxidation sites excluding steroid dienone is 1. The maximum absolute atomic E-state index is 15.4. The van der Waals surface area contributed by atoms with Crippen LogP contribution in [-0.4, -0.2) is 76.7 Å². The Bertz CT molecular complexity index is 1930. The number of fused-ring (bicyclic) bond motifs is 3. The molecule has 10 nitrogen and oxygen atoms in total. The number of likely N-dealkylation sites (tertiary alicyclic amines) is 1. The number of aliphatic hydroxyl groups is 1. The summed E-state index contributed by atoms with van der Waals surface area (Å²) in [4.78, 5) is 61.1. The van der Waals surface area contributed by atoms with Crippen molar-refractivity contribution in [1.82, 2.24) is 10.2 Å². The van der Waals surface area contributed by atoms with E-state index in [2.05, 4.69) is 21.2 Å². The van der Waals surface area contributed by atoms with Crippen molar-refractivity contribution < 1.29 is 33.8 Å². The molecule has 3 aromatic carbocycles. The van der Waals surface area contributed by atoms with E-state index in [4.69, 9.17) is 9.47 Å². The van der Waals surface area contributed by atoms with Crippen molar-refractivity contribution in [3.63, 3.8) is 0 Å². The number of nitrogens with one attached hydrogen (secondary N) is 1. The molecule has 5 bridgehead atoms. The molecule has 0 aliphatic carbocycles. The van der Waals surface area contributed by atoms with Gasteiger partial charge < -0.3 is 29.7 Å². The van der Waals surface area contributed by atoms with Gasteiger partial charge in [-0.25, -0.2) is 0 Å². The summed E-state index contributed by atoms with van der Waals surface area (Å²) in [5.74, 6) is -3.81. The highest BCUT2D eigenvalue weighted by Crippen LogP contribution is 2.59. The molecule has 3 aromatic rings. The number of benzene rings is 3. The third-order valence-electron chi connectivity index (χ3n) is 10.7. The molecule has 4 heterocycles.